The van der Waals surface area contributed by atoms with Gasteiger partial charge in [-0.05, 0) is 37.6 Å². The summed E-state index contributed by atoms with van der Waals surface area (Å²) < 4.78 is 2.18. The molecular formula is C15H21IN2. The van der Waals surface area contributed by atoms with Gasteiger partial charge in [0.2, 0.25) is 0 Å². The Bertz CT molecular complexity index is 483. The number of aromatic nitrogens is 1. The van der Waals surface area contributed by atoms with Crippen LogP contribution in [0.1, 0.15) is 19.9 Å². The van der Waals surface area contributed by atoms with Gasteiger partial charge in [-0.2, -0.15) is 0 Å². The second-order valence-electron chi connectivity index (χ2n) is 3.87. The first kappa shape index (κ1) is 16.9. The number of nitrogens with one attached hydrogen (secondary N) is 1. The summed E-state index contributed by atoms with van der Waals surface area (Å²) >= 11 is 0. The number of anilines is 2. The predicted octanol–water partition coefficient (Wildman–Crippen LogP) is 0.686. The molecule has 0 atom stereocenters. The molecule has 2 rings (SSSR count). The number of hydrogen-bond acceptors (Lipinski definition) is 1. The average Bonchev–Trinajstić information content (AvgIpc) is 2.30. The van der Waals surface area contributed by atoms with E-state index in [1.165, 1.54) is 5.56 Å². The van der Waals surface area contributed by atoms with Crippen LogP contribution in [0.15, 0.2) is 48.7 Å². The number of pyridine rings is 1. The van der Waals surface area contributed by atoms with Crippen LogP contribution >= 0.6 is 0 Å². The molecule has 0 saturated heterocycles. The van der Waals surface area contributed by atoms with E-state index in [2.05, 4.69) is 60.3 Å². The molecule has 1 N–H and O–H groups in total. The third-order valence-electron chi connectivity index (χ3n) is 2.57. The van der Waals surface area contributed by atoms with Gasteiger partial charge in [-0.15, -0.1) is 0 Å². The molecule has 0 radical (unpaired) electrons. The number of rotatable bonds is 3. The quantitative estimate of drug-likeness (QED) is 0.632. The molecule has 0 aliphatic rings. The first-order chi connectivity index (χ1) is 7.79. The molecule has 0 spiro atoms. The summed E-state index contributed by atoms with van der Waals surface area (Å²) in [5.41, 5.74) is 2.40. The van der Waals surface area contributed by atoms with Crippen LogP contribution in [0.4, 0.5) is 11.5 Å². The van der Waals surface area contributed by atoms with E-state index in [1.54, 1.807) is 0 Å². The highest BCUT2D eigenvalue weighted by atomic mass is 127. The van der Waals surface area contributed by atoms with Gasteiger partial charge < -0.3 is 24.0 Å². The third kappa shape index (κ3) is 4.29. The number of hydrogen-bond donors (Lipinski definition) is 1. The van der Waals surface area contributed by atoms with Crippen LogP contribution in [0.25, 0.3) is 0 Å². The maximum atomic E-state index is 3.43. The second kappa shape index (κ2) is 8.08. The Labute approximate surface area is 127 Å². The van der Waals surface area contributed by atoms with E-state index < -0.39 is 0 Å². The molecule has 1 heterocycles. The van der Waals surface area contributed by atoms with Gasteiger partial charge in [-0.3, -0.25) is 0 Å². The van der Waals surface area contributed by atoms with Crippen LogP contribution in [0.5, 0.6) is 0 Å². The topological polar surface area (TPSA) is 15.9 Å². The van der Waals surface area contributed by atoms with Gasteiger partial charge in [0.15, 0.2) is 0 Å². The van der Waals surface area contributed by atoms with E-state index in [1.807, 2.05) is 12.1 Å². The molecule has 0 aliphatic heterocycles. The van der Waals surface area contributed by atoms with Crippen molar-refractivity contribution in [2.24, 2.45) is 0 Å². The molecule has 18 heavy (non-hydrogen) atoms. The van der Waals surface area contributed by atoms with Crippen molar-refractivity contribution in [3.05, 3.63) is 54.2 Å². The van der Waals surface area contributed by atoms with Crippen molar-refractivity contribution < 1.29 is 28.5 Å². The van der Waals surface area contributed by atoms with Crippen LogP contribution in [-0.4, -0.2) is 0 Å². The van der Waals surface area contributed by atoms with Crippen LogP contribution < -0.4 is 33.9 Å². The molecule has 0 fully saturated rings. The summed E-state index contributed by atoms with van der Waals surface area (Å²) in [4.78, 5) is 0. The molecule has 98 valence electrons. The summed E-state index contributed by atoms with van der Waals surface area (Å²) in [7, 11) is 0. The van der Waals surface area contributed by atoms with Gasteiger partial charge in [0.05, 0.1) is 12.7 Å². The molecule has 0 amide bonds. The Kier molecular flexibility index (Phi) is 7.59. The van der Waals surface area contributed by atoms with Gasteiger partial charge in [-0.25, -0.2) is 9.88 Å². The zero-order valence-corrected chi connectivity index (χ0v) is 12.3. The Hall–Kier alpha value is -1.10. The fourth-order valence-corrected chi connectivity index (χ4v) is 1.74. The van der Waals surface area contributed by atoms with E-state index in [-0.39, 0.29) is 31.4 Å². The summed E-state index contributed by atoms with van der Waals surface area (Å²) in [6, 6.07) is 14.6. The molecule has 1 aromatic carbocycles. The maximum Gasteiger partial charge on any atom is 0.279 e. The van der Waals surface area contributed by atoms with E-state index >= 15 is 0 Å². The molecule has 0 aliphatic carbocycles. The Balaban J connectivity index is 0.00000144. The number of nitrogens with zero attached hydrogens (tertiary/aromatic N) is 1. The molecule has 0 bridgehead atoms. The lowest BCUT2D eigenvalue weighted by molar-refractivity contribution is -0.679. The standard InChI is InChI=1S/C14H16N2.CH4.HI/c1-3-16-10-5-4-9-14(16)15-13-8-6-7-12(2)11-13;;/h4-11H,3H2,1-2H3;1H4;1H. The average molecular weight is 356 g/mol. The largest absolute Gasteiger partial charge is 1.00 e. The third-order valence-corrected chi connectivity index (χ3v) is 2.57. The molecule has 2 aromatic rings. The lowest BCUT2D eigenvalue weighted by Crippen LogP contribution is -3.00. The summed E-state index contributed by atoms with van der Waals surface area (Å²) in [5.74, 6) is 1.12. The van der Waals surface area contributed by atoms with E-state index in [4.69, 9.17) is 0 Å². The van der Waals surface area contributed by atoms with Gasteiger partial charge >= 0.3 is 0 Å². The first-order valence-electron chi connectivity index (χ1n) is 5.62. The Morgan fingerprint density at radius 2 is 1.89 bits per heavy atom. The van der Waals surface area contributed by atoms with Crippen LogP contribution in [-0.2, 0) is 6.54 Å². The minimum atomic E-state index is 0. The normalized spacial score (nSPS) is 9.00. The zero-order chi connectivity index (χ0) is 11.4. The molecule has 3 heteroatoms. The molecular weight excluding hydrogens is 335 g/mol. The highest BCUT2D eigenvalue weighted by molar-refractivity contribution is 5.54. The van der Waals surface area contributed by atoms with Crippen molar-refractivity contribution in [2.75, 3.05) is 5.32 Å². The number of aryl methyl sites for hydroxylation is 2. The smallest absolute Gasteiger partial charge is 0.279 e. The Morgan fingerprint density at radius 3 is 2.56 bits per heavy atom. The molecule has 2 nitrogen and oxygen atoms in total. The van der Waals surface area contributed by atoms with Gasteiger partial charge in [0.1, 0.15) is 5.69 Å². The first-order valence-corrected chi connectivity index (χ1v) is 5.62. The van der Waals surface area contributed by atoms with Crippen molar-refractivity contribution in [2.45, 2.75) is 27.8 Å². The lowest BCUT2D eigenvalue weighted by atomic mass is 10.2. The van der Waals surface area contributed by atoms with Crippen molar-refractivity contribution >= 4 is 11.5 Å². The van der Waals surface area contributed by atoms with Crippen molar-refractivity contribution in [3.8, 4) is 0 Å². The molecule has 1 aromatic heterocycles. The summed E-state index contributed by atoms with van der Waals surface area (Å²) in [6.45, 7) is 5.21. The lowest BCUT2D eigenvalue weighted by Gasteiger charge is -2.04. The summed E-state index contributed by atoms with van der Waals surface area (Å²) in [5, 5.41) is 3.43. The van der Waals surface area contributed by atoms with Crippen LogP contribution in [0.3, 0.4) is 0 Å². The fourth-order valence-electron chi connectivity index (χ4n) is 1.74. The summed E-state index contributed by atoms with van der Waals surface area (Å²) in [6.07, 6.45) is 2.08. The zero-order valence-electron chi connectivity index (χ0n) is 10.2. The van der Waals surface area contributed by atoms with Crippen molar-refractivity contribution in [1.29, 1.82) is 0 Å². The maximum absolute atomic E-state index is 3.43. The fraction of sp³-hybridized carbons (Fsp3) is 0.267. The van der Waals surface area contributed by atoms with Crippen molar-refractivity contribution in [1.82, 2.24) is 0 Å². The van der Waals surface area contributed by atoms with Crippen LogP contribution in [0, 0.1) is 6.92 Å². The molecule has 0 unspecified atom stereocenters. The Morgan fingerprint density at radius 1 is 1.11 bits per heavy atom. The SMILES string of the molecule is C.CC[n+]1ccccc1Nc1cccc(C)c1.[I-]. The van der Waals surface area contributed by atoms with E-state index in [0.717, 1.165) is 18.1 Å². The number of benzene rings is 1. The predicted molar refractivity (Wildman–Crippen MR) is 73.5 cm³/mol. The monoisotopic (exact) mass is 356 g/mol. The van der Waals surface area contributed by atoms with Gasteiger partial charge in [-0.1, -0.05) is 25.6 Å². The van der Waals surface area contributed by atoms with E-state index in [9.17, 15) is 0 Å². The van der Waals surface area contributed by atoms with Gasteiger partial charge in [0, 0.05) is 6.07 Å². The molecule has 0 saturated carbocycles. The minimum Gasteiger partial charge on any atom is -1.00 e. The highest BCUT2D eigenvalue weighted by Crippen LogP contribution is 2.14. The van der Waals surface area contributed by atoms with Crippen molar-refractivity contribution in [3.63, 3.8) is 0 Å². The van der Waals surface area contributed by atoms with Crippen LogP contribution in [0.2, 0.25) is 0 Å². The number of halogens is 1. The minimum absolute atomic E-state index is 0. The second-order valence-corrected chi connectivity index (χ2v) is 3.87. The van der Waals surface area contributed by atoms with Gasteiger partial charge in [0.25, 0.3) is 5.82 Å². The van der Waals surface area contributed by atoms with E-state index in [0.29, 0.717) is 0 Å². The highest BCUT2D eigenvalue weighted by Gasteiger charge is 2.06.